The summed E-state index contributed by atoms with van der Waals surface area (Å²) in [6.07, 6.45) is -1.72. The summed E-state index contributed by atoms with van der Waals surface area (Å²) in [5, 5.41) is 13.2. The normalized spacial score (nSPS) is 19.1. The maximum atomic E-state index is 12.6. The van der Waals surface area contributed by atoms with Gasteiger partial charge in [-0.3, -0.25) is 9.59 Å². The molecule has 0 saturated carbocycles. The monoisotopic (exact) mass is 401 g/mol. The van der Waals surface area contributed by atoms with E-state index in [2.05, 4.69) is 10.6 Å². The van der Waals surface area contributed by atoms with Crippen LogP contribution in [0.25, 0.3) is 0 Å². The number of rotatable bonds is 2. The number of carboxylic acids is 1. The third kappa shape index (κ3) is 5.69. The van der Waals surface area contributed by atoms with Crippen molar-refractivity contribution in [2.75, 3.05) is 25.5 Å². The van der Waals surface area contributed by atoms with Crippen molar-refractivity contribution in [3.8, 4) is 0 Å². The molecule has 2 amide bonds. The zero-order chi connectivity index (χ0) is 20.9. The van der Waals surface area contributed by atoms with Crippen molar-refractivity contribution in [2.45, 2.75) is 37.9 Å². The van der Waals surface area contributed by atoms with E-state index in [1.807, 2.05) is 30.1 Å². The number of aryl methyl sites for hydroxylation is 1. The number of anilines is 1. The molecule has 1 aromatic carbocycles. The van der Waals surface area contributed by atoms with E-state index in [4.69, 9.17) is 9.90 Å². The predicted octanol–water partition coefficient (Wildman–Crippen LogP) is 2.03. The predicted molar refractivity (Wildman–Crippen MR) is 95.1 cm³/mol. The Hall–Kier alpha value is -2.62. The second-order valence-electron chi connectivity index (χ2n) is 6.60. The van der Waals surface area contributed by atoms with Crippen LogP contribution in [-0.2, 0) is 16.0 Å². The minimum atomic E-state index is -5.08. The minimum Gasteiger partial charge on any atom is -0.475 e. The molecule has 2 aliphatic heterocycles. The number of carbonyl (C=O) groups excluding carboxylic acids is 2. The van der Waals surface area contributed by atoms with Gasteiger partial charge in [0.1, 0.15) is 0 Å². The Labute approximate surface area is 159 Å². The third-order valence-corrected chi connectivity index (χ3v) is 4.61. The maximum Gasteiger partial charge on any atom is 0.490 e. The number of aliphatic carboxylic acids is 1. The van der Waals surface area contributed by atoms with Crippen molar-refractivity contribution in [2.24, 2.45) is 0 Å². The van der Waals surface area contributed by atoms with Crippen molar-refractivity contribution < 1.29 is 32.7 Å². The topological polar surface area (TPSA) is 98.7 Å². The fourth-order valence-corrected chi connectivity index (χ4v) is 3.10. The van der Waals surface area contributed by atoms with Gasteiger partial charge in [0, 0.05) is 36.8 Å². The molecule has 2 aliphatic rings. The summed E-state index contributed by atoms with van der Waals surface area (Å²) < 4.78 is 31.7. The molecule has 1 fully saturated rings. The van der Waals surface area contributed by atoms with Gasteiger partial charge in [0.25, 0.3) is 5.91 Å². The van der Waals surface area contributed by atoms with E-state index in [1.54, 1.807) is 0 Å². The number of carboxylic acid groups (broad SMARTS) is 1. The van der Waals surface area contributed by atoms with Crippen LogP contribution in [0.4, 0.5) is 18.9 Å². The van der Waals surface area contributed by atoms with Gasteiger partial charge in [-0.05, 0) is 50.1 Å². The van der Waals surface area contributed by atoms with Crippen LogP contribution in [0.5, 0.6) is 0 Å². The number of nitrogens with zero attached hydrogens (tertiary/aromatic N) is 1. The molecular formula is C18H22F3N3O4. The SMILES string of the molecule is CNC1CCCN(C(=O)c2ccc3c(c2)CCC(=O)N3)C1.O=C(O)C(F)(F)F. The van der Waals surface area contributed by atoms with Crippen molar-refractivity contribution in [3.05, 3.63) is 29.3 Å². The lowest BCUT2D eigenvalue weighted by molar-refractivity contribution is -0.192. The van der Waals surface area contributed by atoms with Crippen LogP contribution in [0.1, 0.15) is 35.2 Å². The first-order chi connectivity index (χ1) is 13.1. The summed E-state index contributed by atoms with van der Waals surface area (Å²) >= 11 is 0. The Morgan fingerprint density at radius 3 is 2.57 bits per heavy atom. The highest BCUT2D eigenvalue weighted by Crippen LogP contribution is 2.24. The zero-order valence-electron chi connectivity index (χ0n) is 15.3. The second kappa shape index (κ2) is 9.05. The number of carbonyl (C=O) groups is 3. The molecule has 2 heterocycles. The lowest BCUT2D eigenvalue weighted by Crippen LogP contribution is -2.47. The molecule has 1 aromatic rings. The molecule has 7 nitrogen and oxygen atoms in total. The average molecular weight is 401 g/mol. The Balaban J connectivity index is 0.000000345. The van der Waals surface area contributed by atoms with Crippen LogP contribution in [-0.4, -0.2) is 60.1 Å². The molecule has 0 bridgehead atoms. The number of alkyl halides is 3. The minimum absolute atomic E-state index is 0.0504. The first kappa shape index (κ1) is 21.7. The highest BCUT2D eigenvalue weighted by molar-refractivity contribution is 5.98. The molecule has 0 aromatic heterocycles. The zero-order valence-corrected chi connectivity index (χ0v) is 15.3. The highest BCUT2D eigenvalue weighted by atomic mass is 19.4. The van der Waals surface area contributed by atoms with Crippen molar-refractivity contribution in [3.63, 3.8) is 0 Å². The summed E-state index contributed by atoms with van der Waals surface area (Å²) in [5.74, 6) is -2.61. The van der Waals surface area contributed by atoms with Gasteiger partial charge in [0.05, 0.1) is 0 Å². The van der Waals surface area contributed by atoms with Crippen LogP contribution in [0, 0.1) is 0 Å². The van der Waals surface area contributed by atoms with Crippen molar-refractivity contribution in [1.82, 2.24) is 10.2 Å². The molecule has 1 saturated heterocycles. The van der Waals surface area contributed by atoms with Crippen molar-refractivity contribution in [1.29, 1.82) is 0 Å². The fraction of sp³-hybridized carbons (Fsp3) is 0.500. The standard InChI is InChI=1S/C16H21N3O2.C2HF3O2/c1-17-13-3-2-8-19(10-13)16(21)12-4-6-14-11(9-12)5-7-15(20)18-14;3-2(4,5)1(6)7/h4,6,9,13,17H,2-3,5,7-8,10H2,1H3,(H,18,20);(H,6,7). The van der Waals surface area contributed by atoms with E-state index < -0.39 is 12.1 Å². The molecule has 1 unspecified atom stereocenters. The van der Waals surface area contributed by atoms with E-state index in [9.17, 15) is 22.8 Å². The van der Waals surface area contributed by atoms with Gasteiger partial charge in [-0.2, -0.15) is 13.2 Å². The number of amides is 2. The number of likely N-dealkylation sites (N-methyl/N-ethyl adjacent to an activating group) is 1. The molecule has 154 valence electrons. The number of benzene rings is 1. The van der Waals surface area contributed by atoms with Crippen LogP contribution < -0.4 is 10.6 Å². The number of likely N-dealkylation sites (tertiary alicyclic amines) is 1. The maximum absolute atomic E-state index is 12.6. The van der Waals surface area contributed by atoms with Gasteiger partial charge < -0.3 is 20.6 Å². The Morgan fingerprint density at radius 1 is 1.29 bits per heavy atom. The fourth-order valence-electron chi connectivity index (χ4n) is 3.10. The summed E-state index contributed by atoms with van der Waals surface area (Å²) in [5.41, 5.74) is 2.62. The molecule has 3 N–H and O–H groups in total. The van der Waals surface area contributed by atoms with Crippen LogP contribution in [0.15, 0.2) is 18.2 Å². The van der Waals surface area contributed by atoms with Gasteiger partial charge in [-0.15, -0.1) is 0 Å². The third-order valence-electron chi connectivity index (χ3n) is 4.61. The average Bonchev–Trinajstić information content (AvgIpc) is 2.66. The number of hydrogen-bond donors (Lipinski definition) is 3. The van der Waals surface area contributed by atoms with Crippen LogP contribution in [0.3, 0.4) is 0 Å². The van der Waals surface area contributed by atoms with Gasteiger partial charge in [0.2, 0.25) is 5.91 Å². The molecule has 28 heavy (non-hydrogen) atoms. The molecule has 0 spiro atoms. The molecule has 0 radical (unpaired) electrons. The first-order valence-corrected chi connectivity index (χ1v) is 8.81. The van der Waals surface area contributed by atoms with E-state index in [0.717, 1.165) is 42.7 Å². The number of hydrogen-bond acceptors (Lipinski definition) is 4. The number of fused-ring (bicyclic) bond motifs is 1. The number of nitrogens with one attached hydrogen (secondary N) is 2. The summed E-state index contributed by atoms with van der Waals surface area (Å²) in [6, 6.07) is 5.98. The second-order valence-corrected chi connectivity index (χ2v) is 6.60. The van der Waals surface area contributed by atoms with E-state index in [1.165, 1.54) is 0 Å². The number of piperidine rings is 1. The smallest absolute Gasteiger partial charge is 0.475 e. The van der Waals surface area contributed by atoms with Gasteiger partial charge >= 0.3 is 12.1 Å². The van der Waals surface area contributed by atoms with Crippen LogP contribution in [0.2, 0.25) is 0 Å². The van der Waals surface area contributed by atoms with Gasteiger partial charge in [0.15, 0.2) is 0 Å². The Kier molecular flexibility index (Phi) is 7.00. The summed E-state index contributed by atoms with van der Waals surface area (Å²) in [4.78, 5) is 34.8. The molecule has 3 rings (SSSR count). The van der Waals surface area contributed by atoms with Gasteiger partial charge in [-0.1, -0.05) is 0 Å². The van der Waals surface area contributed by atoms with Crippen molar-refractivity contribution >= 4 is 23.5 Å². The summed E-state index contributed by atoms with van der Waals surface area (Å²) in [7, 11) is 1.94. The quantitative estimate of drug-likeness (QED) is 0.704. The van der Waals surface area contributed by atoms with E-state index in [0.29, 0.717) is 18.9 Å². The largest absolute Gasteiger partial charge is 0.490 e. The molecule has 1 atom stereocenters. The van der Waals surface area contributed by atoms with E-state index >= 15 is 0 Å². The number of halogens is 3. The molecular weight excluding hydrogens is 379 g/mol. The highest BCUT2D eigenvalue weighted by Gasteiger charge is 2.38. The molecule has 10 heteroatoms. The lowest BCUT2D eigenvalue weighted by atomic mass is 9.99. The molecule has 0 aliphatic carbocycles. The van der Waals surface area contributed by atoms with Gasteiger partial charge in [-0.25, -0.2) is 4.79 Å². The Morgan fingerprint density at radius 2 is 1.96 bits per heavy atom. The Bertz CT molecular complexity index is 752. The first-order valence-electron chi connectivity index (χ1n) is 8.81. The van der Waals surface area contributed by atoms with E-state index in [-0.39, 0.29) is 11.8 Å². The van der Waals surface area contributed by atoms with Crippen LogP contribution >= 0.6 is 0 Å². The summed E-state index contributed by atoms with van der Waals surface area (Å²) in [6.45, 7) is 1.59. The lowest BCUT2D eigenvalue weighted by Gasteiger charge is -2.32.